The standard InChI is InChI=1S/C15H23NO3/c1-3-19-15-8-12(4-5-14(15)18-2)9-16-7-6-13(10-16)11-17/h4-5,8,13,17H,3,6-7,9-11H2,1-2H3. The minimum absolute atomic E-state index is 0.295. The Morgan fingerprint density at radius 1 is 1.37 bits per heavy atom. The Morgan fingerprint density at radius 3 is 2.84 bits per heavy atom. The number of nitrogens with zero attached hydrogens (tertiary/aromatic N) is 1. The van der Waals surface area contributed by atoms with Gasteiger partial charge >= 0.3 is 0 Å². The van der Waals surface area contributed by atoms with E-state index in [0.717, 1.165) is 37.6 Å². The summed E-state index contributed by atoms with van der Waals surface area (Å²) in [5.74, 6) is 2.02. The van der Waals surface area contributed by atoms with E-state index in [1.54, 1.807) is 7.11 Å². The van der Waals surface area contributed by atoms with Gasteiger partial charge in [0.2, 0.25) is 0 Å². The summed E-state index contributed by atoms with van der Waals surface area (Å²) in [6, 6.07) is 6.09. The summed E-state index contributed by atoms with van der Waals surface area (Å²) in [5, 5.41) is 9.17. The number of methoxy groups -OCH3 is 1. The van der Waals surface area contributed by atoms with Crippen LogP contribution in [0, 0.1) is 5.92 Å². The van der Waals surface area contributed by atoms with Crippen LogP contribution in [0.15, 0.2) is 18.2 Å². The lowest BCUT2D eigenvalue weighted by Gasteiger charge is -2.17. The molecule has 1 aliphatic rings. The normalized spacial score (nSPS) is 19.6. The summed E-state index contributed by atoms with van der Waals surface area (Å²) in [6.45, 7) is 5.84. The molecule has 106 valence electrons. The van der Waals surface area contributed by atoms with Gasteiger partial charge in [-0.2, -0.15) is 0 Å². The van der Waals surface area contributed by atoms with Gasteiger partial charge < -0.3 is 14.6 Å². The first-order chi connectivity index (χ1) is 9.26. The zero-order valence-electron chi connectivity index (χ0n) is 11.8. The molecule has 1 saturated heterocycles. The zero-order valence-corrected chi connectivity index (χ0v) is 11.8. The fourth-order valence-corrected chi connectivity index (χ4v) is 2.55. The van der Waals surface area contributed by atoms with Gasteiger partial charge in [-0.05, 0) is 43.5 Å². The summed E-state index contributed by atoms with van der Waals surface area (Å²) in [5.41, 5.74) is 1.22. The summed E-state index contributed by atoms with van der Waals surface area (Å²) in [6.07, 6.45) is 1.09. The smallest absolute Gasteiger partial charge is 0.161 e. The van der Waals surface area contributed by atoms with E-state index < -0.39 is 0 Å². The minimum atomic E-state index is 0.295. The fourth-order valence-electron chi connectivity index (χ4n) is 2.55. The van der Waals surface area contributed by atoms with Crippen molar-refractivity contribution in [2.45, 2.75) is 19.9 Å². The number of aliphatic hydroxyl groups is 1. The van der Waals surface area contributed by atoms with E-state index in [4.69, 9.17) is 14.6 Å². The van der Waals surface area contributed by atoms with Gasteiger partial charge in [0.25, 0.3) is 0 Å². The quantitative estimate of drug-likeness (QED) is 0.853. The van der Waals surface area contributed by atoms with Crippen LogP contribution in [-0.2, 0) is 6.54 Å². The zero-order chi connectivity index (χ0) is 13.7. The number of benzene rings is 1. The summed E-state index contributed by atoms with van der Waals surface area (Å²) in [4.78, 5) is 2.37. The van der Waals surface area contributed by atoms with Gasteiger partial charge in [0, 0.05) is 19.7 Å². The molecule has 19 heavy (non-hydrogen) atoms. The minimum Gasteiger partial charge on any atom is -0.493 e. The molecule has 0 aliphatic carbocycles. The molecule has 4 heteroatoms. The first kappa shape index (κ1) is 14.2. The molecule has 1 atom stereocenters. The van der Waals surface area contributed by atoms with Gasteiger partial charge in [-0.3, -0.25) is 4.90 Å². The van der Waals surface area contributed by atoms with Gasteiger partial charge in [-0.15, -0.1) is 0 Å². The average Bonchev–Trinajstić information content (AvgIpc) is 2.87. The van der Waals surface area contributed by atoms with Crippen LogP contribution in [-0.4, -0.2) is 43.4 Å². The van der Waals surface area contributed by atoms with Gasteiger partial charge in [-0.25, -0.2) is 0 Å². The maximum absolute atomic E-state index is 9.17. The Bertz CT molecular complexity index is 408. The lowest BCUT2D eigenvalue weighted by molar-refractivity contribution is 0.220. The third kappa shape index (κ3) is 3.61. The van der Waals surface area contributed by atoms with Crippen LogP contribution >= 0.6 is 0 Å². The molecule has 1 aliphatic heterocycles. The first-order valence-corrected chi connectivity index (χ1v) is 6.89. The number of ether oxygens (including phenoxy) is 2. The Morgan fingerprint density at radius 2 is 2.21 bits per heavy atom. The summed E-state index contributed by atoms with van der Waals surface area (Å²) in [7, 11) is 1.66. The summed E-state index contributed by atoms with van der Waals surface area (Å²) < 4.78 is 10.9. The summed E-state index contributed by atoms with van der Waals surface area (Å²) >= 11 is 0. The molecule has 0 saturated carbocycles. The second kappa shape index (κ2) is 6.78. The topological polar surface area (TPSA) is 41.9 Å². The molecule has 1 N–H and O–H groups in total. The Hall–Kier alpha value is -1.26. The van der Waals surface area contributed by atoms with Crippen LogP contribution in [0.1, 0.15) is 18.9 Å². The van der Waals surface area contributed by atoms with E-state index in [-0.39, 0.29) is 0 Å². The molecule has 0 spiro atoms. The highest BCUT2D eigenvalue weighted by Gasteiger charge is 2.21. The van der Waals surface area contributed by atoms with Crippen LogP contribution in [0.3, 0.4) is 0 Å². The third-order valence-corrected chi connectivity index (χ3v) is 3.56. The second-order valence-corrected chi connectivity index (χ2v) is 4.99. The van der Waals surface area contributed by atoms with Gasteiger partial charge in [0.05, 0.1) is 13.7 Å². The number of rotatable bonds is 6. The van der Waals surface area contributed by atoms with Crippen molar-refractivity contribution < 1.29 is 14.6 Å². The molecule has 1 aromatic carbocycles. The molecule has 0 bridgehead atoms. The van der Waals surface area contributed by atoms with Gasteiger partial charge in [-0.1, -0.05) is 6.07 Å². The number of aliphatic hydroxyl groups excluding tert-OH is 1. The molecular weight excluding hydrogens is 242 g/mol. The van der Waals surface area contributed by atoms with E-state index in [1.807, 2.05) is 13.0 Å². The first-order valence-electron chi connectivity index (χ1n) is 6.89. The number of likely N-dealkylation sites (tertiary alicyclic amines) is 1. The fraction of sp³-hybridized carbons (Fsp3) is 0.600. The SMILES string of the molecule is CCOc1cc(CN2CCC(CO)C2)ccc1OC. The van der Waals surface area contributed by atoms with Crippen molar-refractivity contribution in [3.63, 3.8) is 0 Å². The van der Waals surface area contributed by atoms with Gasteiger partial charge in [0.15, 0.2) is 11.5 Å². The van der Waals surface area contributed by atoms with Crippen LogP contribution in [0.5, 0.6) is 11.5 Å². The van der Waals surface area contributed by atoms with Crippen LogP contribution in [0.2, 0.25) is 0 Å². The predicted octanol–water partition coefficient (Wildman–Crippen LogP) is 1.91. The molecule has 1 unspecified atom stereocenters. The molecule has 4 nitrogen and oxygen atoms in total. The molecule has 0 amide bonds. The van der Waals surface area contributed by atoms with E-state index >= 15 is 0 Å². The molecule has 2 rings (SSSR count). The van der Waals surface area contributed by atoms with Crippen molar-refractivity contribution in [1.29, 1.82) is 0 Å². The maximum Gasteiger partial charge on any atom is 0.161 e. The lowest BCUT2D eigenvalue weighted by Crippen LogP contribution is -2.21. The second-order valence-electron chi connectivity index (χ2n) is 4.99. The van der Waals surface area contributed by atoms with Gasteiger partial charge in [0.1, 0.15) is 0 Å². The number of hydrogen-bond acceptors (Lipinski definition) is 4. The molecule has 0 aromatic heterocycles. The lowest BCUT2D eigenvalue weighted by atomic mass is 10.1. The van der Waals surface area contributed by atoms with Crippen LogP contribution in [0.4, 0.5) is 0 Å². The molecule has 1 aromatic rings. The van der Waals surface area contributed by atoms with Crippen molar-refractivity contribution >= 4 is 0 Å². The van der Waals surface area contributed by atoms with E-state index in [1.165, 1.54) is 5.56 Å². The van der Waals surface area contributed by atoms with Crippen molar-refractivity contribution in [3.05, 3.63) is 23.8 Å². The van der Waals surface area contributed by atoms with Crippen LogP contribution in [0.25, 0.3) is 0 Å². The van der Waals surface area contributed by atoms with E-state index in [0.29, 0.717) is 19.1 Å². The highest BCUT2D eigenvalue weighted by atomic mass is 16.5. The van der Waals surface area contributed by atoms with Crippen molar-refractivity contribution in [3.8, 4) is 11.5 Å². The highest BCUT2D eigenvalue weighted by molar-refractivity contribution is 5.42. The van der Waals surface area contributed by atoms with E-state index in [2.05, 4.69) is 17.0 Å². The average molecular weight is 265 g/mol. The molecule has 1 fully saturated rings. The number of hydrogen-bond donors (Lipinski definition) is 1. The third-order valence-electron chi connectivity index (χ3n) is 3.56. The largest absolute Gasteiger partial charge is 0.493 e. The van der Waals surface area contributed by atoms with E-state index in [9.17, 15) is 0 Å². The predicted molar refractivity (Wildman–Crippen MR) is 74.6 cm³/mol. The molecular formula is C15H23NO3. The maximum atomic E-state index is 9.17. The van der Waals surface area contributed by atoms with Crippen LogP contribution < -0.4 is 9.47 Å². The monoisotopic (exact) mass is 265 g/mol. The van der Waals surface area contributed by atoms with Crippen molar-refractivity contribution in [1.82, 2.24) is 4.90 Å². The molecule has 1 heterocycles. The highest BCUT2D eigenvalue weighted by Crippen LogP contribution is 2.29. The van der Waals surface area contributed by atoms with Crippen molar-refractivity contribution in [2.75, 3.05) is 33.4 Å². The molecule has 0 radical (unpaired) electrons. The Labute approximate surface area is 114 Å². The Kier molecular flexibility index (Phi) is 5.05. The van der Waals surface area contributed by atoms with Crippen molar-refractivity contribution in [2.24, 2.45) is 5.92 Å². The Balaban J connectivity index is 2.02.